The van der Waals surface area contributed by atoms with Crippen molar-refractivity contribution < 1.29 is 9.53 Å². The third-order valence-corrected chi connectivity index (χ3v) is 3.73. The summed E-state index contributed by atoms with van der Waals surface area (Å²) >= 11 is 5.77. The number of nitrogens with one attached hydrogen (secondary N) is 1. The van der Waals surface area contributed by atoms with E-state index in [9.17, 15) is 4.79 Å². The molecule has 1 aliphatic rings. The Hall–Kier alpha value is -1.33. The quantitative estimate of drug-likeness (QED) is 0.864. The fraction of sp³-hybridized carbons (Fsp3) is 0.625. The van der Waals surface area contributed by atoms with Crippen molar-refractivity contribution in [3.63, 3.8) is 0 Å². The maximum absolute atomic E-state index is 12.2. The zero-order valence-corrected chi connectivity index (χ0v) is 14.2. The largest absolute Gasteiger partial charge is 0.444 e. The van der Waals surface area contributed by atoms with E-state index in [4.69, 9.17) is 16.3 Å². The van der Waals surface area contributed by atoms with E-state index in [1.165, 1.54) is 0 Å². The highest BCUT2D eigenvalue weighted by Gasteiger charge is 2.31. The van der Waals surface area contributed by atoms with Crippen molar-refractivity contribution >= 4 is 17.7 Å². The fourth-order valence-electron chi connectivity index (χ4n) is 2.50. The van der Waals surface area contributed by atoms with Gasteiger partial charge in [-0.15, -0.1) is 0 Å². The molecule has 5 nitrogen and oxygen atoms in total. The van der Waals surface area contributed by atoms with E-state index >= 15 is 0 Å². The summed E-state index contributed by atoms with van der Waals surface area (Å²) in [4.78, 5) is 18.1. The topological polar surface area (TPSA) is 54.5 Å². The summed E-state index contributed by atoms with van der Waals surface area (Å²) in [5.41, 5.74) is 0.623. The van der Waals surface area contributed by atoms with Gasteiger partial charge in [-0.3, -0.25) is 0 Å². The molecule has 0 radical (unpaired) electrons. The van der Waals surface area contributed by atoms with Crippen LogP contribution in [0.5, 0.6) is 0 Å². The molecule has 1 N–H and O–H groups in total. The molecule has 1 saturated heterocycles. The summed E-state index contributed by atoms with van der Waals surface area (Å²) in [7, 11) is 0. The number of rotatable bonds is 4. The fourth-order valence-corrected chi connectivity index (χ4v) is 2.61. The van der Waals surface area contributed by atoms with Crippen LogP contribution in [0.1, 0.15) is 39.2 Å². The van der Waals surface area contributed by atoms with Crippen molar-refractivity contribution in [2.24, 2.45) is 0 Å². The van der Waals surface area contributed by atoms with Crippen molar-refractivity contribution in [1.82, 2.24) is 15.2 Å². The van der Waals surface area contributed by atoms with Crippen molar-refractivity contribution in [2.45, 2.75) is 51.8 Å². The number of amides is 1. The third kappa shape index (κ3) is 5.14. The van der Waals surface area contributed by atoms with E-state index in [-0.39, 0.29) is 12.1 Å². The van der Waals surface area contributed by atoms with E-state index in [0.717, 1.165) is 31.5 Å². The molecule has 1 fully saturated rings. The number of nitrogens with zero attached hydrogens (tertiary/aromatic N) is 2. The molecule has 1 aromatic rings. The molecule has 2 heterocycles. The summed E-state index contributed by atoms with van der Waals surface area (Å²) in [6, 6.07) is 3.92. The molecular weight excluding hydrogens is 302 g/mol. The first kappa shape index (κ1) is 17.0. The molecule has 1 amide bonds. The minimum Gasteiger partial charge on any atom is -0.444 e. The SMILES string of the molecule is CC(C)(C)OC(=O)N1CCC[C@H]1CNCc1ccc(Cl)nc1. The van der Waals surface area contributed by atoms with Gasteiger partial charge in [-0.05, 0) is 45.2 Å². The first-order valence-electron chi connectivity index (χ1n) is 7.66. The molecule has 0 saturated carbocycles. The zero-order valence-electron chi connectivity index (χ0n) is 13.4. The zero-order chi connectivity index (χ0) is 16.2. The Bertz CT molecular complexity index is 499. The van der Waals surface area contributed by atoms with Crippen LogP contribution in [0.25, 0.3) is 0 Å². The van der Waals surface area contributed by atoms with Crippen LogP contribution >= 0.6 is 11.6 Å². The van der Waals surface area contributed by atoms with Gasteiger partial charge in [0.1, 0.15) is 10.8 Å². The summed E-state index contributed by atoms with van der Waals surface area (Å²) < 4.78 is 5.46. The van der Waals surface area contributed by atoms with Gasteiger partial charge in [0.25, 0.3) is 0 Å². The molecular formula is C16H24ClN3O2. The highest BCUT2D eigenvalue weighted by atomic mass is 35.5. The Labute approximate surface area is 137 Å². The van der Waals surface area contributed by atoms with E-state index in [0.29, 0.717) is 11.7 Å². The van der Waals surface area contributed by atoms with Crippen molar-refractivity contribution in [3.8, 4) is 0 Å². The van der Waals surface area contributed by atoms with Crippen LogP contribution in [-0.4, -0.2) is 40.7 Å². The number of hydrogen-bond acceptors (Lipinski definition) is 4. The molecule has 122 valence electrons. The van der Waals surface area contributed by atoms with Crippen LogP contribution in [0.2, 0.25) is 5.15 Å². The smallest absolute Gasteiger partial charge is 0.410 e. The molecule has 0 unspecified atom stereocenters. The molecule has 22 heavy (non-hydrogen) atoms. The second-order valence-electron chi connectivity index (χ2n) is 6.59. The molecule has 2 rings (SSSR count). The Kier molecular flexibility index (Phi) is 5.64. The summed E-state index contributed by atoms with van der Waals surface area (Å²) in [5, 5.41) is 3.87. The Morgan fingerprint density at radius 3 is 2.91 bits per heavy atom. The Morgan fingerprint density at radius 2 is 2.27 bits per heavy atom. The summed E-state index contributed by atoms with van der Waals surface area (Å²) in [5.74, 6) is 0. The van der Waals surface area contributed by atoms with Gasteiger partial charge in [-0.2, -0.15) is 0 Å². The maximum atomic E-state index is 12.2. The van der Waals surface area contributed by atoms with Crippen molar-refractivity contribution in [3.05, 3.63) is 29.0 Å². The van der Waals surface area contributed by atoms with Crippen LogP contribution in [0.4, 0.5) is 4.79 Å². The lowest BCUT2D eigenvalue weighted by Gasteiger charge is -2.28. The second-order valence-corrected chi connectivity index (χ2v) is 6.98. The monoisotopic (exact) mass is 325 g/mol. The molecule has 1 atom stereocenters. The number of pyridine rings is 1. The lowest BCUT2D eigenvalue weighted by Crippen LogP contribution is -2.44. The number of carbonyl (C=O) groups is 1. The molecule has 0 bridgehead atoms. The standard InChI is InChI=1S/C16H24ClN3O2/c1-16(2,3)22-15(21)20-8-4-5-13(20)11-18-9-12-6-7-14(17)19-10-12/h6-7,10,13,18H,4-5,8-9,11H2,1-3H3/t13-/m0/s1. The van der Waals surface area contributed by atoms with Gasteiger partial charge < -0.3 is 15.0 Å². The van der Waals surface area contributed by atoms with Crippen LogP contribution in [0.15, 0.2) is 18.3 Å². The van der Waals surface area contributed by atoms with Crippen molar-refractivity contribution in [1.29, 1.82) is 0 Å². The lowest BCUT2D eigenvalue weighted by atomic mass is 10.2. The molecule has 6 heteroatoms. The highest BCUT2D eigenvalue weighted by molar-refractivity contribution is 6.29. The average Bonchev–Trinajstić information content (AvgIpc) is 2.88. The van der Waals surface area contributed by atoms with E-state index in [1.807, 2.05) is 31.7 Å². The molecule has 1 aliphatic heterocycles. The van der Waals surface area contributed by atoms with Crippen LogP contribution in [0, 0.1) is 0 Å². The van der Waals surface area contributed by atoms with Gasteiger partial charge in [0.15, 0.2) is 0 Å². The van der Waals surface area contributed by atoms with Crippen LogP contribution < -0.4 is 5.32 Å². The highest BCUT2D eigenvalue weighted by Crippen LogP contribution is 2.20. The van der Waals surface area contributed by atoms with Gasteiger partial charge in [-0.1, -0.05) is 17.7 Å². The van der Waals surface area contributed by atoms with Crippen LogP contribution in [-0.2, 0) is 11.3 Å². The Balaban J connectivity index is 1.81. The molecule has 0 aromatic carbocycles. The second kappa shape index (κ2) is 7.29. The predicted molar refractivity (Wildman–Crippen MR) is 86.9 cm³/mol. The minimum absolute atomic E-state index is 0.190. The molecule has 0 spiro atoms. The summed E-state index contributed by atoms with van der Waals surface area (Å²) in [6.07, 6.45) is 3.57. The normalized spacial score (nSPS) is 18.5. The molecule has 1 aromatic heterocycles. The number of likely N-dealkylation sites (tertiary alicyclic amines) is 1. The van der Waals surface area contributed by atoms with Gasteiger partial charge in [0.05, 0.1) is 0 Å². The Morgan fingerprint density at radius 1 is 1.50 bits per heavy atom. The van der Waals surface area contributed by atoms with Gasteiger partial charge >= 0.3 is 6.09 Å². The predicted octanol–water partition coefficient (Wildman–Crippen LogP) is 3.22. The molecule has 0 aliphatic carbocycles. The lowest BCUT2D eigenvalue weighted by molar-refractivity contribution is 0.0226. The number of halogens is 1. The first-order chi connectivity index (χ1) is 10.3. The summed E-state index contributed by atoms with van der Waals surface area (Å²) in [6.45, 7) is 7.90. The maximum Gasteiger partial charge on any atom is 0.410 e. The van der Waals surface area contributed by atoms with Gasteiger partial charge in [-0.25, -0.2) is 9.78 Å². The number of ether oxygens (including phenoxy) is 1. The number of hydrogen-bond donors (Lipinski definition) is 1. The van der Waals surface area contributed by atoms with E-state index in [1.54, 1.807) is 12.3 Å². The van der Waals surface area contributed by atoms with Crippen molar-refractivity contribution in [2.75, 3.05) is 13.1 Å². The minimum atomic E-state index is -0.452. The number of carbonyl (C=O) groups excluding carboxylic acids is 1. The van der Waals surface area contributed by atoms with Gasteiger partial charge in [0, 0.05) is 31.9 Å². The van der Waals surface area contributed by atoms with E-state index in [2.05, 4.69) is 10.3 Å². The first-order valence-corrected chi connectivity index (χ1v) is 8.04. The van der Waals surface area contributed by atoms with E-state index < -0.39 is 5.60 Å². The third-order valence-electron chi connectivity index (χ3n) is 3.50. The van der Waals surface area contributed by atoms with Crippen LogP contribution in [0.3, 0.4) is 0 Å². The average molecular weight is 326 g/mol. The number of aromatic nitrogens is 1. The van der Waals surface area contributed by atoms with Gasteiger partial charge in [0.2, 0.25) is 0 Å².